The molecule has 2 amide bonds. The van der Waals surface area contributed by atoms with Crippen LogP contribution >= 0.6 is 0 Å². The van der Waals surface area contributed by atoms with E-state index in [1.54, 1.807) is 25.1 Å². The highest BCUT2D eigenvalue weighted by Gasteiger charge is 2.13. The number of amides is 2. The number of aryl methyl sites for hydroxylation is 1. The molecule has 2 aromatic rings. The van der Waals surface area contributed by atoms with Crippen LogP contribution < -0.4 is 10.6 Å². The monoisotopic (exact) mass is 320 g/mol. The molecule has 0 fully saturated rings. The van der Waals surface area contributed by atoms with Gasteiger partial charge in [-0.05, 0) is 30.2 Å². The molecule has 0 radical (unpaired) electrons. The third-order valence-corrected chi connectivity index (χ3v) is 3.40. The van der Waals surface area contributed by atoms with E-state index in [0.717, 1.165) is 5.56 Å². The molecule has 2 rings (SSSR count). The second-order valence-electron chi connectivity index (χ2n) is 5.18. The molecule has 0 aromatic heterocycles. The number of hydrogen-bond acceptors (Lipinski definition) is 2. The van der Waals surface area contributed by atoms with E-state index < -0.39 is 18.0 Å². The molecule has 6 heteroatoms. The predicted molar refractivity (Wildman–Crippen MR) is 82.7 cm³/mol. The van der Waals surface area contributed by atoms with Crippen molar-refractivity contribution >= 4 is 6.03 Å². The Balaban J connectivity index is 1.81. The van der Waals surface area contributed by atoms with Crippen LogP contribution in [0.5, 0.6) is 0 Å². The number of nitrogens with one attached hydrogen (secondary N) is 2. The van der Waals surface area contributed by atoms with Crippen LogP contribution in [0, 0.1) is 18.6 Å². The topological polar surface area (TPSA) is 61.4 Å². The number of halogens is 2. The largest absolute Gasteiger partial charge is 0.386 e. The Morgan fingerprint density at radius 2 is 1.87 bits per heavy atom. The summed E-state index contributed by atoms with van der Waals surface area (Å²) < 4.78 is 26.6. The molecule has 0 aliphatic carbocycles. The molecule has 122 valence electrons. The van der Waals surface area contributed by atoms with Crippen LogP contribution in [-0.4, -0.2) is 17.7 Å². The Morgan fingerprint density at radius 1 is 1.13 bits per heavy atom. The smallest absolute Gasteiger partial charge is 0.315 e. The van der Waals surface area contributed by atoms with Crippen LogP contribution in [-0.2, 0) is 6.54 Å². The summed E-state index contributed by atoms with van der Waals surface area (Å²) in [5.41, 5.74) is 1.38. The van der Waals surface area contributed by atoms with E-state index in [9.17, 15) is 18.7 Å². The molecule has 0 heterocycles. The van der Waals surface area contributed by atoms with Crippen molar-refractivity contribution in [2.24, 2.45) is 0 Å². The molecule has 0 bridgehead atoms. The summed E-state index contributed by atoms with van der Waals surface area (Å²) in [6.45, 7) is 1.75. The molecular weight excluding hydrogens is 302 g/mol. The Kier molecular flexibility index (Phi) is 5.65. The molecule has 4 nitrogen and oxygen atoms in total. The van der Waals surface area contributed by atoms with Crippen molar-refractivity contribution in [3.8, 4) is 0 Å². The van der Waals surface area contributed by atoms with Crippen molar-refractivity contribution < 1.29 is 18.7 Å². The number of benzene rings is 2. The second-order valence-corrected chi connectivity index (χ2v) is 5.18. The molecule has 1 unspecified atom stereocenters. The Bertz CT molecular complexity index is 692. The van der Waals surface area contributed by atoms with Crippen LogP contribution in [0.4, 0.5) is 13.6 Å². The third-order valence-electron chi connectivity index (χ3n) is 3.40. The second kappa shape index (κ2) is 7.69. The van der Waals surface area contributed by atoms with Gasteiger partial charge in [0.15, 0.2) is 0 Å². The van der Waals surface area contributed by atoms with Crippen LogP contribution in [0.2, 0.25) is 0 Å². The molecule has 0 aliphatic rings. The molecule has 0 saturated carbocycles. The molecular formula is C17H18F2N2O2. The highest BCUT2D eigenvalue weighted by atomic mass is 19.1. The van der Waals surface area contributed by atoms with E-state index >= 15 is 0 Å². The van der Waals surface area contributed by atoms with E-state index in [4.69, 9.17) is 0 Å². The normalized spacial score (nSPS) is 11.8. The van der Waals surface area contributed by atoms with Gasteiger partial charge in [-0.15, -0.1) is 0 Å². The summed E-state index contributed by atoms with van der Waals surface area (Å²) in [7, 11) is 0. The highest BCUT2D eigenvalue weighted by Crippen LogP contribution is 2.15. The Morgan fingerprint density at radius 3 is 2.57 bits per heavy atom. The van der Waals surface area contributed by atoms with E-state index in [1.807, 2.05) is 0 Å². The van der Waals surface area contributed by atoms with Crippen molar-refractivity contribution in [1.29, 1.82) is 0 Å². The first-order chi connectivity index (χ1) is 11.0. The van der Waals surface area contributed by atoms with E-state index in [0.29, 0.717) is 5.56 Å². The van der Waals surface area contributed by atoms with Crippen molar-refractivity contribution in [2.75, 3.05) is 6.54 Å². The maximum atomic E-state index is 13.5. The van der Waals surface area contributed by atoms with Crippen molar-refractivity contribution in [3.63, 3.8) is 0 Å². The average molecular weight is 320 g/mol. The fraction of sp³-hybridized carbons (Fsp3) is 0.235. The van der Waals surface area contributed by atoms with Gasteiger partial charge in [-0.2, -0.15) is 0 Å². The molecule has 0 spiro atoms. The third kappa shape index (κ3) is 4.75. The van der Waals surface area contributed by atoms with Gasteiger partial charge >= 0.3 is 6.03 Å². The van der Waals surface area contributed by atoms with Gasteiger partial charge in [0.2, 0.25) is 0 Å². The fourth-order valence-electron chi connectivity index (χ4n) is 2.11. The molecule has 0 aliphatic heterocycles. The molecule has 2 aromatic carbocycles. The van der Waals surface area contributed by atoms with E-state index in [2.05, 4.69) is 10.6 Å². The summed E-state index contributed by atoms with van der Waals surface area (Å²) in [4.78, 5) is 11.7. The van der Waals surface area contributed by atoms with Gasteiger partial charge in [0, 0.05) is 18.7 Å². The minimum Gasteiger partial charge on any atom is -0.386 e. The summed E-state index contributed by atoms with van der Waals surface area (Å²) in [5, 5.41) is 14.9. The molecule has 23 heavy (non-hydrogen) atoms. The molecule has 1 atom stereocenters. The maximum absolute atomic E-state index is 13.5. The molecule has 0 saturated heterocycles. The number of rotatable bonds is 5. The first kappa shape index (κ1) is 16.9. The molecule has 3 N–H and O–H groups in total. The first-order valence-corrected chi connectivity index (χ1v) is 7.16. The van der Waals surface area contributed by atoms with Gasteiger partial charge in [0.05, 0.1) is 6.10 Å². The summed E-state index contributed by atoms with van der Waals surface area (Å²) in [5.74, 6) is -0.824. The van der Waals surface area contributed by atoms with Crippen LogP contribution in [0.1, 0.15) is 22.8 Å². The van der Waals surface area contributed by atoms with Gasteiger partial charge in [-0.3, -0.25) is 0 Å². The lowest BCUT2D eigenvalue weighted by Gasteiger charge is -2.13. The highest BCUT2D eigenvalue weighted by molar-refractivity contribution is 5.73. The minimum absolute atomic E-state index is 0.116. The summed E-state index contributed by atoms with van der Waals surface area (Å²) >= 11 is 0. The number of carbonyl (C=O) groups is 1. The summed E-state index contributed by atoms with van der Waals surface area (Å²) in [6, 6.07) is 9.90. The Hall–Kier alpha value is -2.47. The van der Waals surface area contributed by atoms with E-state index in [1.165, 1.54) is 24.3 Å². The van der Waals surface area contributed by atoms with Crippen LogP contribution in [0.15, 0.2) is 42.5 Å². The van der Waals surface area contributed by atoms with Gasteiger partial charge < -0.3 is 15.7 Å². The van der Waals surface area contributed by atoms with Crippen molar-refractivity contribution in [2.45, 2.75) is 19.6 Å². The Labute approximate surface area is 133 Å². The lowest BCUT2D eigenvalue weighted by molar-refractivity contribution is 0.169. The first-order valence-electron chi connectivity index (χ1n) is 7.16. The maximum Gasteiger partial charge on any atom is 0.315 e. The van der Waals surface area contributed by atoms with Crippen molar-refractivity contribution in [3.05, 3.63) is 70.8 Å². The zero-order valence-corrected chi connectivity index (χ0v) is 12.6. The SMILES string of the molecule is Cc1cc(CNC(=O)NCC(O)c2ccccc2F)ccc1F. The fourth-order valence-corrected chi connectivity index (χ4v) is 2.11. The van der Waals surface area contributed by atoms with Gasteiger partial charge in [-0.25, -0.2) is 13.6 Å². The van der Waals surface area contributed by atoms with Gasteiger partial charge in [-0.1, -0.05) is 30.3 Å². The van der Waals surface area contributed by atoms with Gasteiger partial charge in [0.25, 0.3) is 0 Å². The van der Waals surface area contributed by atoms with Crippen LogP contribution in [0.25, 0.3) is 0 Å². The minimum atomic E-state index is -1.13. The zero-order chi connectivity index (χ0) is 16.8. The quantitative estimate of drug-likeness (QED) is 0.793. The lowest BCUT2D eigenvalue weighted by Crippen LogP contribution is -2.37. The lowest BCUT2D eigenvalue weighted by atomic mass is 10.1. The average Bonchev–Trinajstić information content (AvgIpc) is 2.54. The number of urea groups is 1. The standard InChI is InChI=1S/C17H18F2N2O2/c1-11-8-12(6-7-14(11)18)9-20-17(23)21-10-16(22)13-4-2-3-5-15(13)19/h2-8,16,22H,9-10H2,1H3,(H2,20,21,23). The summed E-state index contributed by atoms with van der Waals surface area (Å²) in [6.07, 6.45) is -1.13. The zero-order valence-electron chi connectivity index (χ0n) is 12.6. The number of aliphatic hydroxyl groups is 1. The van der Waals surface area contributed by atoms with Crippen LogP contribution in [0.3, 0.4) is 0 Å². The van der Waals surface area contributed by atoms with Gasteiger partial charge in [0.1, 0.15) is 11.6 Å². The number of carbonyl (C=O) groups excluding carboxylic acids is 1. The predicted octanol–water partition coefficient (Wildman–Crippen LogP) is 2.81. The number of hydrogen-bond donors (Lipinski definition) is 3. The van der Waals surface area contributed by atoms with Crippen molar-refractivity contribution in [1.82, 2.24) is 10.6 Å². The number of aliphatic hydroxyl groups excluding tert-OH is 1. The van der Waals surface area contributed by atoms with E-state index in [-0.39, 0.29) is 24.5 Å².